The minimum atomic E-state index is -1.07. The number of ether oxygens (including phenoxy) is 1. The lowest BCUT2D eigenvalue weighted by Gasteiger charge is -2.22. The summed E-state index contributed by atoms with van der Waals surface area (Å²) in [6.45, 7) is 4.11. The van der Waals surface area contributed by atoms with Crippen LogP contribution in [0.5, 0.6) is 0 Å². The molecular weight excluding hydrogens is 278 g/mol. The molecule has 1 aromatic carbocycles. The molecule has 0 aliphatic carbocycles. The van der Waals surface area contributed by atoms with Gasteiger partial charge in [0.2, 0.25) is 0 Å². The first-order chi connectivity index (χ1) is 10.1. The molecule has 0 spiro atoms. The highest BCUT2D eigenvalue weighted by atomic mass is 19.2. The van der Waals surface area contributed by atoms with Gasteiger partial charge >= 0.3 is 0 Å². The van der Waals surface area contributed by atoms with Crippen molar-refractivity contribution in [1.82, 2.24) is 9.80 Å². The van der Waals surface area contributed by atoms with Crippen LogP contribution in [0.1, 0.15) is 16.8 Å². The van der Waals surface area contributed by atoms with Gasteiger partial charge in [-0.1, -0.05) is 6.07 Å². The molecule has 1 amide bonds. The van der Waals surface area contributed by atoms with Gasteiger partial charge in [0.25, 0.3) is 5.91 Å². The van der Waals surface area contributed by atoms with E-state index in [1.165, 1.54) is 12.1 Å². The molecule has 0 radical (unpaired) electrons. The van der Waals surface area contributed by atoms with Gasteiger partial charge in [0, 0.05) is 33.3 Å². The largest absolute Gasteiger partial charge is 0.383 e. The molecule has 1 aromatic rings. The predicted octanol–water partition coefficient (Wildman–Crippen LogP) is 1.76. The molecule has 116 valence electrons. The zero-order chi connectivity index (χ0) is 15.2. The Kier molecular flexibility index (Phi) is 5.64. The van der Waals surface area contributed by atoms with Crippen LogP contribution in [0.15, 0.2) is 18.2 Å². The lowest BCUT2D eigenvalue weighted by atomic mass is 10.1. The maximum atomic E-state index is 13.7. The van der Waals surface area contributed by atoms with E-state index in [0.717, 1.165) is 25.6 Å². The third kappa shape index (κ3) is 3.98. The van der Waals surface area contributed by atoms with E-state index in [9.17, 15) is 13.6 Å². The van der Waals surface area contributed by atoms with Gasteiger partial charge in [-0.15, -0.1) is 0 Å². The van der Waals surface area contributed by atoms with Crippen molar-refractivity contribution < 1.29 is 18.3 Å². The van der Waals surface area contributed by atoms with Crippen molar-refractivity contribution in [2.24, 2.45) is 0 Å². The molecular formula is C15H20F2N2O2. The van der Waals surface area contributed by atoms with E-state index >= 15 is 0 Å². The van der Waals surface area contributed by atoms with Gasteiger partial charge in [0.05, 0.1) is 12.2 Å². The molecule has 1 saturated heterocycles. The molecule has 0 aromatic heterocycles. The second kappa shape index (κ2) is 7.47. The zero-order valence-electron chi connectivity index (χ0n) is 12.1. The molecule has 6 heteroatoms. The molecule has 0 saturated carbocycles. The first-order valence-corrected chi connectivity index (χ1v) is 7.08. The van der Waals surface area contributed by atoms with E-state index < -0.39 is 17.5 Å². The normalized spacial score (nSPS) is 16.8. The van der Waals surface area contributed by atoms with Crippen LogP contribution in [-0.4, -0.2) is 62.1 Å². The van der Waals surface area contributed by atoms with Gasteiger partial charge in [-0.25, -0.2) is 8.78 Å². The highest BCUT2D eigenvalue weighted by molar-refractivity contribution is 5.94. The minimum absolute atomic E-state index is 0.194. The number of carbonyl (C=O) groups is 1. The fraction of sp³-hybridized carbons (Fsp3) is 0.533. The van der Waals surface area contributed by atoms with Crippen molar-refractivity contribution >= 4 is 5.91 Å². The van der Waals surface area contributed by atoms with Crippen LogP contribution in [0, 0.1) is 11.6 Å². The number of rotatable bonds is 4. The second-order valence-corrected chi connectivity index (χ2v) is 5.08. The molecule has 0 atom stereocenters. The topological polar surface area (TPSA) is 32.8 Å². The van der Waals surface area contributed by atoms with Crippen molar-refractivity contribution in [2.45, 2.75) is 6.42 Å². The summed E-state index contributed by atoms with van der Waals surface area (Å²) >= 11 is 0. The van der Waals surface area contributed by atoms with E-state index in [1.807, 2.05) is 0 Å². The minimum Gasteiger partial charge on any atom is -0.383 e. The number of amides is 1. The Balaban J connectivity index is 2.01. The van der Waals surface area contributed by atoms with Crippen LogP contribution in [0.3, 0.4) is 0 Å². The number of benzene rings is 1. The Labute approximate surface area is 123 Å². The quantitative estimate of drug-likeness (QED) is 0.849. The van der Waals surface area contributed by atoms with E-state index in [4.69, 9.17) is 4.74 Å². The lowest BCUT2D eigenvalue weighted by molar-refractivity contribution is 0.0753. The Morgan fingerprint density at radius 3 is 2.81 bits per heavy atom. The second-order valence-electron chi connectivity index (χ2n) is 5.08. The summed E-state index contributed by atoms with van der Waals surface area (Å²) < 4.78 is 32.0. The summed E-state index contributed by atoms with van der Waals surface area (Å²) in [5.41, 5.74) is -0.194. The summed E-state index contributed by atoms with van der Waals surface area (Å²) in [4.78, 5) is 16.1. The third-order valence-electron chi connectivity index (χ3n) is 3.67. The number of carbonyl (C=O) groups excluding carboxylic acids is 1. The van der Waals surface area contributed by atoms with Gasteiger partial charge in [-0.05, 0) is 25.1 Å². The smallest absolute Gasteiger partial charge is 0.256 e. The van der Waals surface area contributed by atoms with Crippen molar-refractivity contribution in [1.29, 1.82) is 0 Å². The average Bonchev–Trinajstić information content (AvgIpc) is 2.73. The average molecular weight is 298 g/mol. The maximum Gasteiger partial charge on any atom is 0.256 e. The van der Waals surface area contributed by atoms with Crippen LogP contribution < -0.4 is 0 Å². The molecule has 1 fully saturated rings. The van der Waals surface area contributed by atoms with Crippen LogP contribution >= 0.6 is 0 Å². The summed E-state index contributed by atoms with van der Waals surface area (Å²) in [5.74, 6) is -2.50. The summed E-state index contributed by atoms with van der Waals surface area (Å²) in [6.07, 6.45) is 0.812. The number of hydrogen-bond donors (Lipinski definition) is 0. The Morgan fingerprint density at radius 2 is 2.05 bits per heavy atom. The molecule has 1 aliphatic rings. The van der Waals surface area contributed by atoms with Crippen molar-refractivity contribution in [3.8, 4) is 0 Å². The van der Waals surface area contributed by atoms with Crippen molar-refractivity contribution in [3.05, 3.63) is 35.4 Å². The Morgan fingerprint density at radius 1 is 1.24 bits per heavy atom. The van der Waals surface area contributed by atoms with Crippen LogP contribution in [-0.2, 0) is 4.74 Å². The number of hydrogen-bond acceptors (Lipinski definition) is 3. The summed E-state index contributed by atoms with van der Waals surface area (Å²) in [5, 5.41) is 0. The zero-order valence-corrected chi connectivity index (χ0v) is 12.1. The van der Waals surface area contributed by atoms with Gasteiger partial charge < -0.3 is 9.64 Å². The van der Waals surface area contributed by atoms with Gasteiger partial charge in [-0.3, -0.25) is 9.69 Å². The Hall–Kier alpha value is -1.53. The number of methoxy groups -OCH3 is 1. The molecule has 4 nitrogen and oxygen atoms in total. The van der Waals surface area contributed by atoms with E-state index in [2.05, 4.69) is 4.90 Å². The van der Waals surface area contributed by atoms with Gasteiger partial charge in [0.1, 0.15) is 0 Å². The molecule has 21 heavy (non-hydrogen) atoms. The third-order valence-corrected chi connectivity index (χ3v) is 3.67. The summed E-state index contributed by atoms with van der Waals surface area (Å²) in [6, 6.07) is 3.70. The standard InChI is InChI=1S/C15H20F2N2O2/c1-21-11-10-18-6-3-7-19(9-8-18)15(20)12-4-2-5-13(16)14(12)17/h2,4-5H,3,6-11H2,1H3. The van der Waals surface area contributed by atoms with E-state index in [0.29, 0.717) is 26.2 Å². The van der Waals surface area contributed by atoms with Crippen LogP contribution in [0.2, 0.25) is 0 Å². The fourth-order valence-corrected chi connectivity index (χ4v) is 2.46. The molecule has 0 N–H and O–H groups in total. The van der Waals surface area contributed by atoms with Crippen LogP contribution in [0.25, 0.3) is 0 Å². The van der Waals surface area contributed by atoms with Gasteiger partial charge in [-0.2, -0.15) is 0 Å². The lowest BCUT2D eigenvalue weighted by Crippen LogP contribution is -2.36. The molecule has 1 aliphatic heterocycles. The van der Waals surface area contributed by atoms with Gasteiger partial charge in [0.15, 0.2) is 11.6 Å². The molecule has 1 heterocycles. The number of halogens is 2. The van der Waals surface area contributed by atoms with Crippen molar-refractivity contribution in [2.75, 3.05) is 46.4 Å². The first kappa shape index (κ1) is 15.9. The predicted molar refractivity (Wildman–Crippen MR) is 75.2 cm³/mol. The van der Waals surface area contributed by atoms with Crippen molar-refractivity contribution in [3.63, 3.8) is 0 Å². The molecule has 0 bridgehead atoms. The molecule has 2 rings (SSSR count). The number of nitrogens with zero attached hydrogens (tertiary/aromatic N) is 2. The van der Waals surface area contributed by atoms with E-state index in [1.54, 1.807) is 12.0 Å². The maximum absolute atomic E-state index is 13.7. The fourth-order valence-electron chi connectivity index (χ4n) is 2.46. The SMILES string of the molecule is COCCN1CCCN(C(=O)c2cccc(F)c2F)CC1. The van der Waals surface area contributed by atoms with Crippen LogP contribution in [0.4, 0.5) is 8.78 Å². The highest BCUT2D eigenvalue weighted by Crippen LogP contribution is 2.15. The highest BCUT2D eigenvalue weighted by Gasteiger charge is 2.23. The van der Waals surface area contributed by atoms with E-state index in [-0.39, 0.29) is 5.56 Å². The first-order valence-electron chi connectivity index (χ1n) is 7.08. The Bertz CT molecular complexity index is 497. The monoisotopic (exact) mass is 298 g/mol. The summed E-state index contributed by atoms with van der Waals surface area (Å²) in [7, 11) is 1.65. The molecule has 0 unspecified atom stereocenters.